The molecule has 0 atom stereocenters. The van der Waals surface area contributed by atoms with Crippen molar-refractivity contribution in [2.45, 2.75) is 5.03 Å². The molecule has 154 valence electrons. The fourth-order valence-electron chi connectivity index (χ4n) is 2.52. The smallest absolute Gasteiger partial charge is 0.373 e. The van der Waals surface area contributed by atoms with Crippen molar-refractivity contribution in [3.05, 3.63) is 62.9 Å². The van der Waals surface area contributed by atoms with Crippen LogP contribution in [0, 0.1) is 0 Å². The second kappa shape index (κ2) is 8.05. The molecule has 2 heterocycles. The van der Waals surface area contributed by atoms with Crippen LogP contribution in [0.5, 0.6) is 5.95 Å². The molecule has 1 N–H and O–H groups in total. The second-order valence-electron chi connectivity index (χ2n) is 5.82. The Kier molecular flexibility index (Phi) is 5.60. The van der Waals surface area contributed by atoms with Crippen LogP contribution in [0.2, 0.25) is 15.1 Å². The number of sulfonamides is 1. The zero-order chi connectivity index (χ0) is 21.5. The number of halogens is 3. The third-order valence-electron chi connectivity index (χ3n) is 3.83. The monoisotopic (exact) mass is 502 g/mol. The Hall–Kier alpha value is -2.37. The molecule has 0 aliphatic rings. The van der Waals surface area contributed by atoms with E-state index in [4.69, 9.17) is 34.8 Å². The fourth-order valence-corrected chi connectivity index (χ4v) is 5.22. The van der Waals surface area contributed by atoms with E-state index >= 15 is 0 Å². The van der Waals surface area contributed by atoms with Gasteiger partial charge in [0.05, 0.1) is 16.0 Å². The summed E-state index contributed by atoms with van der Waals surface area (Å²) >= 11 is 18.9. The van der Waals surface area contributed by atoms with Crippen molar-refractivity contribution in [1.82, 2.24) is 10.3 Å². The van der Waals surface area contributed by atoms with Gasteiger partial charge >= 0.3 is 15.0 Å². The van der Waals surface area contributed by atoms with E-state index in [1.807, 2.05) is 0 Å². The topological polar surface area (TPSA) is 112 Å². The largest absolute Gasteiger partial charge is 0.538 e. The molecule has 0 bridgehead atoms. The first kappa shape index (κ1) is 20.9. The third-order valence-corrected chi connectivity index (χ3v) is 6.83. The molecule has 0 aliphatic heterocycles. The van der Waals surface area contributed by atoms with E-state index < -0.39 is 21.0 Å². The Balaban J connectivity index is 1.67. The molecule has 0 saturated heterocycles. The highest BCUT2D eigenvalue weighted by molar-refractivity contribution is 7.92. The van der Waals surface area contributed by atoms with Crippen molar-refractivity contribution in [3.63, 3.8) is 0 Å². The summed E-state index contributed by atoms with van der Waals surface area (Å²) in [5, 5.41) is 17.8. The summed E-state index contributed by atoms with van der Waals surface area (Å²) in [6.07, 6.45) is 0. The Labute approximate surface area is 189 Å². The predicted molar refractivity (Wildman–Crippen MR) is 111 cm³/mol. The molecule has 4 rings (SSSR count). The Bertz CT molecular complexity index is 1340. The average molecular weight is 504 g/mol. The highest BCUT2D eigenvalue weighted by Gasteiger charge is 2.34. The number of hydrogen-bond acceptors (Lipinski definition) is 7. The lowest BCUT2D eigenvalue weighted by Gasteiger charge is -2.03. The molecular weight excluding hydrogens is 495 g/mol. The van der Waals surface area contributed by atoms with Gasteiger partial charge in [0.15, 0.2) is 11.1 Å². The van der Waals surface area contributed by atoms with Gasteiger partial charge in [-0.1, -0.05) is 34.8 Å². The molecule has 2 aromatic carbocycles. The van der Waals surface area contributed by atoms with Gasteiger partial charge in [0.1, 0.15) is 0 Å². The highest BCUT2D eigenvalue weighted by atomic mass is 35.5. The normalized spacial score (nSPS) is 11.6. The zero-order valence-electron chi connectivity index (χ0n) is 14.5. The molecule has 0 saturated carbocycles. The minimum absolute atomic E-state index is 0.0271. The molecule has 0 radical (unpaired) electrons. The van der Waals surface area contributed by atoms with Crippen LogP contribution >= 0.6 is 46.1 Å². The Morgan fingerprint density at radius 2 is 1.77 bits per heavy atom. The Morgan fingerprint density at radius 1 is 1.07 bits per heavy atom. The molecule has 30 heavy (non-hydrogen) atoms. The van der Waals surface area contributed by atoms with Gasteiger partial charge in [0.2, 0.25) is 5.69 Å². The van der Waals surface area contributed by atoms with Crippen LogP contribution < -0.4 is 14.5 Å². The van der Waals surface area contributed by atoms with Crippen molar-refractivity contribution in [1.29, 1.82) is 0 Å². The molecule has 0 unspecified atom stereocenters. The van der Waals surface area contributed by atoms with Crippen LogP contribution in [0.4, 0.5) is 5.13 Å². The van der Waals surface area contributed by atoms with Gasteiger partial charge < -0.3 is 9.63 Å². The van der Waals surface area contributed by atoms with E-state index in [0.717, 1.165) is 16.0 Å². The van der Waals surface area contributed by atoms with E-state index in [9.17, 15) is 13.5 Å². The maximum absolute atomic E-state index is 12.9. The number of rotatable bonds is 5. The van der Waals surface area contributed by atoms with Gasteiger partial charge in [0.25, 0.3) is 0 Å². The quantitative estimate of drug-likeness (QED) is 0.413. The first-order chi connectivity index (χ1) is 14.2. The SMILES string of the molecule is O=S(=O)(Nc1nc(-c2ccc(Cl)cc2Cl)cs1)c1c([O-])on[n+]1-c1ccc(Cl)cc1. The molecule has 8 nitrogen and oxygen atoms in total. The Morgan fingerprint density at radius 3 is 2.47 bits per heavy atom. The maximum Gasteiger partial charge on any atom is 0.373 e. The van der Waals surface area contributed by atoms with Gasteiger partial charge in [-0.25, -0.2) is 9.71 Å². The van der Waals surface area contributed by atoms with Gasteiger partial charge in [-0.05, 0) is 35.0 Å². The van der Waals surface area contributed by atoms with Crippen LogP contribution in [0.25, 0.3) is 16.9 Å². The van der Waals surface area contributed by atoms with Gasteiger partial charge in [-0.15, -0.1) is 11.3 Å². The zero-order valence-corrected chi connectivity index (χ0v) is 18.4. The molecule has 0 fully saturated rings. The third kappa shape index (κ3) is 4.09. The lowest BCUT2D eigenvalue weighted by atomic mass is 10.2. The van der Waals surface area contributed by atoms with Crippen molar-refractivity contribution < 1.29 is 22.7 Å². The fraction of sp³-hybridized carbons (Fsp3) is 0. The van der Waals surface area contributed by atoms with Crippen LogP contribution in [0.15, 0.2) is 57.4 Å². The van der Waals surface area contributed by atoms with Crippen molar-refractivity contribution >= 4 is 61.3 Å². The number of hydrogen-bond donors (Lipinski definition) is 1. The van der Waals surface area contributed by atoms with E-state index in [0.29, 0.717) is 26.3 Å². The number of nitrogens with zero attached hydrogens (tertiary/aromatic N) is 3. The summed E-state index contributed by atoms with van der Waals surface area (Å²) in [6, 6.07) is 10.9. The maximum atomic E-state index is 12.9. The van der Waals surface area contributed by atoms with Gasteiger partial charge in [-0.3, -0.25) is 0 Å². The molecule has 0 spiro atoms. The van der Waals surface area contributed by atoms with E-state index in [1.165, 1.54) is 24.3 Å². The van der Waals surface area contributed by atoms with Crippen LogP contribution in [-0.4, -0.2) is 18.7 Å². The summed E-state index contributed by atoms with van der Waals surface area (Å²) in [6.45, 7) is 0. The summed E-state index contributed by atoms with van der Waals surface area (Å²) in [7, 11) is -4.37. The molecule has 4 aromatic rings. The van der Waals surface area contributed by atoms with E-state index in [-0.39, 0.29) is 10.8 Å². The van der Waals surface area contributed by atoms with Gasteiger partial charge in [0, 0.05) is 33.1 Å². The van der Waals surface area contributed by atoms with E-state index in [2.05, 4.69) is 19.5 Å². The number of nitrogens with one attached hydrogen (secondary N) is 1. The van der Waals surface area contributed by atoms with E-state index in [1.54, 1.807) is 23.6 Å². The second-order valence-corrected chi connectivity index (χ2v) is 9.56. The minimum atomic E-state index is -4.37. The van der Waals surface area contributed by atoms with Crippen LogP contribution in [-0.2, 0) is 10.0 Å². The first-order valence-corrected chi connectivity index (χ1v) is 11.5. The number of anilines is 1. The molecular formula is C17H9Cl3N4O4S2. The lowest BCUT2D eigenvalue weighted by molar-refractivity contribution is -0.706. The van der Waals surface area contributed by atoms with Crippen molar-refractivity contribution in [3.8, 4) is 22.9 Å². The standard InChI is InChI=1S/C17H9Cl3N4O4S2/c18-9-1-4-11(5-2-9)24-15(16(25)28-23-24)30(26,27)22-17-21-14(8-29-17)12-6-3-10(19)7-13(12)20/h1-8H,(H-,21,22,23,25). The molecule has 0 amide bonds. The first-order valence-electron chi connectivity index (χ1n) is 8.03. The van der Waals surface area contributed by atoms with Crippen molar-refractivity contribution in [2.75, 3.05) is 4.72 Å². The van der Waals surface area contributed by atoms with Crippen LogP contribution in [0.1, 0.15) is 0 Å². The highest BCUT2D eigenvalue weighted by Crippen LogP contribution is 2.33. The molecule has 13 heteroatoms. The average Bonchev–Trinajstić information content (AvgIpc) is 3.29. The van der Waals surface area contributed by atoms with Crippen LogP contribution in [0.3, 0.4) is 0 Å². The predicted octanol–water partition coefficient (Wildman–Crippen LogP) is 3.91. The van der Waals surface area contributed by atoms with Gasteiger partial charge in [-0.2, -0.15) is 8.42 Å². The lowest BCUT2D eigenvalue weighted by Crippen LogP contribution is -2.40. The minimum Gasteiger partial charge on any atom is -0.538 e. The molecule has 0 aliphatic carbocycles. The summed E-state index contributed by atoms with van der Waals surface area (Å²) in [5.74, 6) is -1.13. The summed E-state index contributed by atoms with van der Waals surface area (Å²) in [4.78, 5) is 4.23. The number of benzene rings is 2. The summed E-state index contributed by atoms with van der Waals surface area (Å²) in [5.41, 5.74) is 1.30. The molecule has 2 aromatic heterocycles. The summed E-state index contributed by atoms with van der Waals surface area (Å²) < 4.78 is 33.4. The number of thiazole rings is 1. The number of aromatic nitrogens is 3. The van der Waals surface area contributed by atoms with Crippen molar-refractivity contribution in [2.24, 2.45) is 0 Å².